The van der Waals surface area contributed by atoms with Crippen molar-refractivity contribution >= 4 is 51.6 Å². The maximum absolute atomic E-state index is 12.9. The van der Waals surface area contributed by atoms with E-state index in [0.717, 1.165) is 0 Å². The molecule has 3 heterocycles. The Hall–Kier alpha value is -2.09. The molecule has 0 saturated heterocycles. The Labute approximate surface area is 150 Å². The van der Waals surface area contributed by atoms with Crippen LogP contribution in [-0.4, -0.2) is 30.4 Å². The summed E-state index contributed by atoms with van der Waals surface area (Å²) in [6.07, 6.45) is 5.02. The maximum Gasteiger partial charge on any atom is 0.266 e. The average Bonchev–Trinajstić information content (AvgIpc) is 3.02. The van der Waals surface area contributed by atoms with Crippen LogP contribution in [0.3, 0.4) is 0 Å². The van der Waals surface area contributed by atoms with Crippen molar-refractivity contribution in [2.75, 3.05) is 6.26 Å². The van der Waals surface area contributed by atoms with Gasteiger partial charge in [-0.3, -0.25) is 9.36 Å². The summed E-state index contributed by atoms with van der Waals surface area (Å²) in [6, 6.07) is 6.92. The van der Waals surface area contributed by atoms with Crippen molar-refractivity contribution in [1.82, 2.24) is 24.1 Å². The van der Waals surface area contributed by atoms with Crippen molar-refractivity contribution in [2.45, 2.75) is 5.16 Å². The van der Waals surface area contributed by atoms with Crippen LogP contribution >= 0.6 is 35.0 Å². The Bertz CT molecular complexity index is 1150. The summed E-state index contributed by atoms with van der Waals surface area (Å²) in [7, 11) is 0. The van der Waals surface area contributed by atoms with E-state index in [4.69, 9.17) is 23.2 Å². The lowest BCUT2D eigenvalue weighted by atomic mass is 10.2. The van der Waals surface area contributed by atoms with Crippen LogP contribution in [0.2, 0.25) is 10.0 Å². The Morgan fingerprint density at radius 3 is 2.83 bits per heavy atom. The third kappa shape index (κ3) is 2.28. The molecule has 0 N–H and O–H groups in total. The zero-order chi connectivity index (χ0) is 16.8. The molecule has 0 aliphatic rings. The summed E-state index contributed by atoms with van der Waals surface area (Å²) in [5.74, 6) is 0.449. The Morgan fingerprint density at radius 1 is 1.21 bits per heavy atom. The third-order valence-corrected chi connectivity index (χ3v) is 4.93. The second-order valence-corrected chi connectivity index (χ2v) is 6.49. The molecule has 0 bridgehead atoms. The molecule has 0 saturated carbocycles. The van der Waals surface area contributed by atoms with Gasteiger partial charge in [-0.1, -0.05) is 41.0 Å². The molecule has 0 aliphatic carbocycles. The fourth-order valence-electron chi connectivity index (χ4n) is 2.46. The van der Waals surface area contributed by atoms with Crippen LogP contribution in [0, 0.1) is 0 Å². The van der Waals surface area contributed by atoms with E-state index >= 15 is 0 Å². The molecule has 0 spiro atoms. The molecule has 3 aromatic heterocycles. The van der Waals surface area contributed by atoms with E-state index in [1.54, 1.807) is 35.0 Å². The highest BCUT2D eigenvalue weighted by molar-refractivity contribution is 7.98. The first-order valence-electron chi connectivity index (χ1n) is 6.85. The van der Waals surface area contributed by atoms with Gasteiger partial charge in [0.1, 0.15) is 0 Å². The van der Waals surface area contributed by atoms with Gasteiger partial charge in [-0.15, -0.1) is 5.10 Å². The van der Waals surface area contributed by atoms with E-state index < -0.39 is 0 Å². The molecular formula is C15H9Cl2N5OS. The van der Waals surface area contributed by atoms with Crippen LogP contribution in [0.15, 0.2) is 46.6 Å². The minimum Gasteiger partial charge on any atom is -0.282 e. The molecule has 6 nitrogen and oxygen atoms in total. The summed E-state index contributed by atoms with van der Waals surface area (Å²) in [5, 5.41) is 6.06. The van der Waals surface area contributed by atoms with Gasteiger partial charge >= 0.3 is 0 Å². The first kappa shape index (κ1) is 15.4. The van der Waals surface area contributed by atoms with Gasteiger partial charge in [-0.2, -0.15) is 9.50 Å². The fourth-order valence-corrected chi connectivity index (χ4v) is 3.18. The predicted molar refractivity (Wildman–Crippen MR) is 95.7 cm³/mol. The lowest BCUT2D eigenvalue weighted by molar-refractivity contribution is 0.904. The standard InChI is InChI=1S/C15H9Cl2N5OS/c1-24-15-19-14-18-7-8-10(22(14)20-15)5-6-21(13(8)23)11-4-2-3-9(16)12(11)17/h2-7H,1H3. The number of nitrogens with zero attached hydrogens (tertiary/aromatic N) is 5. The maximum atomic E-state index is 12.9. The zero-order valence-electron chi connectivity index (χ0n) is 12.3. The average molecular weight is 378 g/mol. The molecule has 0 fully saturated rings. The SMILES string of the molecule is CSc1nc2ncc3c(=O)n(-c4cccc(Cl)c4Cl)ccc3n2n1. The molecule has 0 unspecified atom stereocenters. The fraction of sp³-hybridized carbons (Fsp3) is 0.0667. The number of fused-ring (bicyclic) bond motifs is 3. The molecule has 1 aromatic carbocycles. The molecule has 120 valence electrons. The number of benzene rings is 1. The highest BCUT2D eigenvalue weighted by Gasteiger charge is 2.13. The first-order valence-corrected chi connectivity index (χ1v) is 8.84. The molecule has 0 atom stereocenters. The topological polar surface area (TPSA) is 65.1 Å². The van der Waals surface area contributed by atoms with Crippen molar-refractivity contribution < 1.29 is 0 Å². The molecule has 24 heavy (non-hydrogen) atoms. The lowest BCUT2D eigenvalue weighted by Gasteiger charge is -2.10. The van der Waals surface area contributed by atoms with E-state index in [9.17, 15) is 4.79 Å². The Kier molecular flexibility index (Phi) is 3.71. The molecule has 0 amide bonds. The lowest BCUT2D eigenvalue weighted by Crippen LogP contribution is -2.19. The van der Waals surface area contributed by atoms with Gasteiger partial charge in [0.25, 0.3) is 11.3 Å². The minimum absolute atomic E-state index is 0.257. The summed E-state index contributed by atoms with van der Waals surface area (Å²) in [5.41, 5.74) is 0.888. The highest BCUT2D eigenvalue weighted by Crippen LogP contribution is 2.28. The zero-order valence-corrected chi connectivity index (χ0v) is 14.6. The van der Waals surface area contributed by atoms with Crippen LogP contribution in [0.5, 0.6) is 0 Å². The van der Waals surface area contributed by atoms with Crippen molar-refractivity contribution in [3.63, 3.8) is 0 Å². The second-order valence-electron chi connectivity index (χ2n) is 4.93. The number of thioether (sulfide) groups is 1. The number of halogens is 2. The van der Waals surface area contributed by atoms with E-state index in [1.807, 2.05) is 6.26 Å². The molecular weight excluding hydrogens is 369 g/mol. The Morgan fingerprint density at radius 2 is 2.04 bits per heavy atom. The van der Waals surface area contributed by atoms with Crippen LogP contribution in [-0.2, 0) is 0 Å². The van der Waals surface area contributed by atoms with E-state index in [0.29, 0.717) is 37.6 Å². The number of aromatic nitrogens is 5. The number of pyridine rings is 1. The van der Waals surface area contributed by atoms with Gasteiger partial charge < -0.3 is 0 Å². The van der Waals surface area contributed by atoms with Crippen molar-refractivity contribution in [3.05, 3.63) is 57.1 Å². The molecule has 4 aromatic rings. The summed E-state index contributed by atoms with van der Waals surface area (Å²) in [4.78, 5) is 21.4. The van der Waals surface area contributed by atoms with Gasteiger partial charge in [0.05, 0.1) is 26.6 Å². The molecule has 0 radical (unpaired) electrons. The second kappa shape index (κ2) is 5.77. The Balaban J connectivity index is 2.04. The number of hydrogen-bond donors (Lipinski definition) is 0. The first-order chi connectivity index (χ1) is 11.6. The largest absolute Gasteiger partial charge is 0.282 e. The number of hydrogen-bond acceptors (Lipinski definition) is 5. The highest BCUT2D eigenvalue weighted by atomic mass is 35.5. The van der Waals surface area contributed by atoms with Crippen LogP contribution in [0.1, 0.15) is 0 Å². The van der Waals surface area contributed by atoms with Gasteiger partial charge in [-0.05, 0) is 24.5 Å². The quantitative estimate of drug-likeness (QED) is 0.500. The van der Waals surface area contributed by atoms with Gasteiger partial charge in [0, 0.05) is 12.4 Å². The monoisotopic (exact) mass is 377 g/mol. The molecule has 0 aliphatic heterocycles. The predicted octanol–water partition coefficient (Wildman–Crippen LogP) is 3.46. The molecule has 9 heteroatoms. The van der Waals surface area contributed by atoms with E-state index in [1.165, 1.54) is 22.5 Å². The van der Waals surface area contributed by atoms with E-state index in [2.05, 4.69) is 15.1 Å². The third-order valence-electron chi connectivity index (χ3n) is 3.59. The number of rotatable bonds is 2. The van der Waals surface area contributed by atoms with Crippen LogP contribution < -0.4 is 5.56 Å². The van der Waals surface area contributed by atoms with Crippen LogP contribution in [0.25, 0.3) is 22.4 Å². The summed E-state index contributed by atoms with van der Waals surface area (Å²) in [6.45, 7) is 0. The summed E-state index contributed by atoms with van der Waals surface area (Å²) < 4.78 is 3.00. The summed E-state index contributed by atoms with van der Waals surface area (Å²) >= 11 is 13.7. The smallest absolute Gasteiger partial charge is 0.266 e. The van der Waals surface area contributed by atoms with Crippen molar-refractivity contribution in [1.29, 1.82) is 0 Å². The minimum atomic E-state index is -0.257. The van der Waals surface area contributed by atoms with Gasteiger partial charge in [0.15, 0.2) is 0 Å². The van der Waals surface area contributed by atoms with Crippen molar-refractivity contribution in [3.8, 4) is 5.69 Å². The van der Waals surface area contributed by atoms with Gasteiger partial charge in [-0.25, -0.2) is 4.98 Å². The van der Waals surface area contributed by atoms with E-state index in [-0.39, 0.29) is 5.56 Å². The van der Waals surface area contributed by atoms with Crippen molar-refractivity contribution in [2.24, 2.45) is 0 Å². The molecule has 4 rings (SSSR count). The van der Waals surface area contributed by atoms with Gasteiger partial charge in [0.2, 0.25) is 5.16 Å². The van der Waals surface area contributed by atoms with Crippen LogP contribution in [0.4, 0.5) is 0 Å². The normalized spacial score (nSPS) is 11.5.